The highest BCUT2D eigenvalue weighted by Gasteiger charge is 2.05. The second-order valence-corrected chi connectivity index (χ2v) is 3.04. The van der Waals surface area contributed by atoms with Crippen molar-refractivity contribution in [1.82, 2.24) is 9.55 Å². The number of anilines is 1. The number of para-hydroxylation sites is 1. The van der Waals surface area contributed by atoms with Crippen molar-refractivity contribution in [2.75, 3.05) is 5.73 Å². The molecule has 0 atom stereocenters. The number of hydrogen-bond acceptors (Lipinski definition) is 3. The Balaban J connectivity index is 2.93. The lowest BCUT2D eigenvalue weighted by Gasteiger charge is -2.06. The Morgan fingerprint density at radius 1 is 1.43 bits per heavy atom. The van der Waals surface area contributed by atoms with Crippen LogP contribution in [0.15, 0.2) is 29.1 Å². The third-order valence-electron chi connectivity index (χ3n) is 2.21. The van der Waals surface area contributed by atoms with Gasteiger partial charge >= 0.3 is 0 Å². The molecule has 4 nitrogen and oxygen atoms in total. The molecule has 72 valence electrons. The molecular formula is C10H11N3O. The molecule has 0 fully saturated rings. The summed E-state index contributed by atoms with van der Waals surface area (Å²) in [6, 6.07) is 7.20. The minimum absolute atomic E-state index is 0.0735. The van der Waals surface area contributed by atoms with Crippen LogP contribution in [0.1, 0.15) is 6.92 Å². The van der Waals surface area contributed by atoms with Crippen molar-refractivity contribution in [1.29, 1.82) is 0 Å². The quantitative estimate of drug-likeness (QED) is 0.728. The summed E-state index contributed by atoms with van der Waals surface area (Å²) in [4.78, 5) is 16.0. The number of rotatable bonds is 1. The fourth-order valence-corrected chi connectivity index (χ4v) is 1.49. The summed E-state index contributed by atoms with van der Waals surface area (Å²) in [5.74, 6) is 0.274. The lowest BCUT2D eigenvalue weighted by Crippen LogP contribution is -2.23. The summed E-state index contributed by atoms with van der Waals surface area (Å²) >= 11 is 0. The minimum Gasteiger partial charge on any atom is -0.369 e. The van der Waals surface area contributed by atoms with E-state index in [0.29, 0.717) is 17.4 Å². The smallest absolute Gasteiger partial charge is 0.262 e. The molecule has 0 radical (unpaired) electrons. The van der Waals surface area contributed by atoms with Gasteiger partial charge < -0.3 is 5.73 Å². The molecule has 0 spiro atoms. The number of nitrogen functional groups attached to an aromatic ring is 1. The van der Waals surface area contributed by atoms with Gasteiger partial charge in [-0.05, 0) is 19.1 Å². The average Bonchev–Trinajstić information content (AvgIpc) is 2.18. The summed E-state index contributed by atoms with van der Waals surface area (Å²) in [6.07, 6.45) is 0. The third kappa shape index (κ3) is 1.16. The van der Waals surface area contributed by atoms with Crippen molar-refractivity contribution < 1.29 is 0 Å². The molecular weight excluding hydrogens is 178 g/mol. The SMILES string of the molecule is CCn1c(N)nc2ccccc2c1=O. The van der Waals surface area contributed by atoms with E-state index in [0.717, 1.165) is 0 Å². The third-order valence-corrected chi connectivity index (χ3v) is 2.21. The number of fused-ring (bicyclic) bond motifs is 1. The molecule has 2 aromatic rings. The van der Waals surface area contributed by atoms with Gasteiger partial charge in [-0.1, -0.05) is 12.1 Å². The Morgan fingerprint density at radius 3 is 2.86 bits per heavy atom. The molecule has 0 saturated carbocycles. The molecule has 1 aromatic carbocycles. The van der Waals surface area contributed by atoms with Gasteiger partial charge in [-0.3, -0.25) is 9.36 Å². The summed E-state index contributed by atoms with van der Waals surface area (Å²) < 4.78 is 1.46. The monoisotopic (exact) mass is 189 g/mol. The summed E-state index contributed by atoms with van der Waals surface area (Å²) in [5, 5.41) is 0.614. The maximum Gasteiger partial charge on any atom is 0.262 e. The van der Waals surface area contributed by atoms with Gasteiger partial charge in [-0.25, -0.2) is 4.98 Å². The number of nitrogens with two attached hydrogens (primary N) is 1. The Bertz CT molecular complexity index is 530. The molecule has 0 saturated heterocycles. The van der Waals surface area contributed by atoms with Gasteiger partial charge in [0.15, 0.2) is 0 Å². The maximum atomic E-state index is 11.8. The topological polar surface area (TPSA) is 60.9 Å². The predicted molar refractivity (Wildman–Crippen MR) is 56.1 cm³/mol. The van der Waals surface area contributed by atoms with Crippen LogP contribution in [0.2, 0.25) is 0 Å². The first-order valence-corrected chi connectivity index (χ1v) is 4.49. The molecule has 0 unspecified atom stereocenters. The molecule has 1 heterocycles. The Kier molecular flexibility index (Phi) is 1.96. The number of aromatic nitrogens is 2. The first-order valence-electron chi connectivity index (χ1n) is 4.49. The van der Waals surface area contributed by atoms with Crippen LogP contribution in [0.4, 0.5) is 5.95 Å². The maximum absolute atomic E-state index is 11.8. The minimum atomic E-state index is -0.0735. The van der Waals surface area contributed by atoms with Crippen LogP contribution >= 0.6 is 0 Å². The summed E-state index contributed by atoms with van der Waals surface area (Å²) in [5.41, 5.74) is 6.23. The van der Waals surface area contributed by atoms with Gasteiger partial charge in [0.2, 0.25) is 5.95 Å². The van der Waals surface area contributed by atoms with Gasteiger partial charge in [0.25, 0.3) is 5.56 Å². The van der Waals surface area contributed by atoms with Crippen molar-refractivity contribution in [2.45, 2.75) is 13.5 Å². The van der Waals surface area contributed by atoms with Crippen LogP contribution in [0, 0.1) is 0 Å². The lowest BCUT2D eigenvalue weighted by molar-refractivity contribution is 0.732. The van der Waals surface area contributed by atoms with Gasteiger partial charge in [0.1, 0.15) is 0 Å². The second-order valence-electron chi connectivity index (χ2n) is 3.04. The Hall–Kier alpha value is -1.84. The van der Waals surface area contributed by atoms with Crippen molar-refractivity contribution in [3.05, 3.63) is 34.6 Å². The highest BCUT2D eigenvalue weighted by atomic mass is 16.1. The molecule has 0 amide bonds. The zero-order chi connectivity index (χ0) is 10.1. The van der Waals surface area contributed by atoms with Crippen LogP contribution in [-0.2, 0) is 6.54 Å². The zero-order valence-electron chi connectivity index (χ0n) is 7.90. The Labute approximate surface area is 81.0 Å². The molecule has 0 aliphatic heterocycles. The largest absolute Gasteiger partial charge is 0.369 e. The number of hydrogen-bond donors (Lipinski definition) is 1. The van der Waals surface area contributed by atoms with E-state index >= 15 is 0 Å². The molecule has 2 N–H and O–H groups in total. The average molecular weight is 189 g/mol. The van der Waals surface area contributed by atoms with E-state index in [-0.39, 0.29) is 11.5 Å². The van der Waals surface area contributed by atoms with Crippen molar-refractivity contribution in [3.8, 4) is 0 Å². The van der Waals surface area contributed by atoms with E-state index in [1.807, 2.05) is 19.1 Å². The lowest BCUT2D eigenvalue weighted by atomic mass is 10.2. The van der Waals surface area contributed by atoms with Gasteiger partial charge in [0.05, 0.1) is 10.9 Å². The molecule has 0 aliphatic carbocycles. The molecule has 4 heteroatoms. The fourth-order valence-electron chi connectivity index (χ4n) is 1.49. The van der Waals surface area contributed by atoms with E-state index < -0.39 is 0 Å². The van der Waals surface area contributed by atoms with Crippen molar-refractivity contribution in [2.24, 2.45) is 0 Å². The predicted octanol–water partition coefficient (Wildman–Crippen LogP) is 0.999. The second kappa shape index (κ2) is 3.14. The zero-order valence-corrected chi connectivity index (χ0v) is 7.90. The van der Waals surface area contributed by atoms with Crippen LogP contribution in [-0.4, -0.2) is 9.55 Å². The van der Waals surface area contributed by atoms with E-state index in [1.54, 1.807) is 12.1 Å². The van der Waals surface area contributed by atoms with Crippen LogP contribution < -0.4 is 11.3 Å². The molecule has 0 bridgehead atoms. The first-order chi connectivity index (χ1) is 6.74. The standard InChI is InChI=1S/C10H11N3O/c1-2-13-9(14)7-5-3-4-6-8(7)12-10(13)11/h3-6H,2H2,1H3,(H2,11,12). The van der Waals surface area contributed by atoms with E-state index in [2.05, 4.69) is 4.98 Å². The number of nitrogens with zero attached hydrogens (tertiary/aromatic N) is 2. The molecule has 1 aromatic heterocycles. The summed E-state index contributed by atoms with van der Waals surface area (Å²) in [7, 11) is 0. The highest BCUT2D eigenvalue weighted by molar-refractivity contribution is 5.78. The molecule has 0 aliphatic rings. The van der Waals surface area contributed by atoms with Gasteiger partial charge in [0, 0.05) is 6.54 Å². The number of benzene rings is 1. The molecule has 14 heavy (non-hydrogen) atoms. The van der Waals surface area contributed by atoms with E-state index in [4.69, 9.17) is 5.73 Å². The highest BCUT2D eigenvalue weighted by Crippen LogP contribution is 2.08. The van der Waals surface area contributed by atoms with Gasteiger partial charge in [-0.15, -0.1) is 0 Å². The Morgan fingerprint density at radius 2 is 2.14 bits per heavy atom. The van der Waals surface area contributed by atoms with Crippen LogP contribution in [0.25, 0.3) is 10.9 Å². The van der Waals surface area contributed by atoms with Crippen LogP contribution in [0.5, 0.6) is 0 Å². The summed E-state index contributed by atoms with van der Waals surface area (Å²) in [6.45, 7) is 2.41. The van der Waals surface area contributed by atoms with E-state index in [9.17, 15) is 4.79 Å². The molecule has 2 rings (SSSR count). The normalized spacial score (nSPS) is 10.6. The van der Waals surface area contributed by atoms with E-state index in [1.165, 1.54) is 4.57 Å². The van der Waals surface area contributed by atoms with Crippen LogP contribution in [0.3, 0.4) is 0 Å². The van der Waals surface area contributed by atoms with Gasteiger partial charge in [-0.2, -0.15) is 0 Å². The fraction of sp³-hybridized carbons (Fsp3) is 0.200. The first kappa shape index (κ1) is 8.74. The van der Waals surface area contributed by atoms with Crippen molar-refractivity contribution >= 4 is 16.9 Å². The van der Waals surface area contributed by atoms with Crippen molar-refractivity contribution in [3.63, 3.8) is 0 Å².